The topological polar surface area (TPSA) is 41.0 Å². The van der Waals surface area contributed by atoms with E-state index in [0.29, 0.717) is 5.02 Å². The van der Waals surface area contributed by atoms with Crippen molar-refractivity contribution in [2.24, 2.45) is 0 Å². The Morgan fingerprint density at radius 2 is 2.00 bits per heavy atom. The predicted octanol–water partition coefficient (Wildman–Crippen LogP) is 1.57. The summed E-state index contributed by atoms with van der Waals surface area (Å²) in [5.41, 5.74) is 0. The van der Waals surface area contributed by atoms with E-state index in [4.69, 9.17) is 11.6 Å². The molecule has 0 saturated heterocycles. The molecule has 0 bridgehead atoms. The van der Waals surface area contributed by atoms with Crippen LogP contribution in [0.3, 0.4) is 0 Å². The van der Waals surface area contributed by atoms with Crippen molar-refractivity contribution >= 4 is 17.5 Å². The van der Waals surface area contributed by atoms with Gasteiger partial charge in [0.25, 0.3) is 0 Å². The maximum atomic E-state index is 5.74. The van der Waals surface area contributed by atoms with E-state index in [2.05, 4.69) is 27.1 Å². The van der Waals surface area contributed by atoms with Gasteiger partial charge in [0.15, 0.2) is 0 Å². The number of hydrogen-bond acceptors (Lipinski definition) is 4. The lowest BCUT2D eigenvalue weighted by molar-refractivity contribution is 0.693. The van der Waals surface area contributed by atoms with Crippen molar-refractivity contribution in [2.45, 2.75) is 13.3 Å². The number of nitrogens with zero attached hydrogens (tertiary/aromatic N) is 3. The van der Waals surface area contributed by atoms with Crippen LogP contribution in [0.15, 0.2) is 12.4 Å². The Morgan fingerprint density at radius 3 is 2.53 bits per heavy atom. The van der Waals surface area contributed by atoms with Crippen molar-refractivity contribution in [3.05, 3.63) is 17.4 Å². The first kappa shape index (κ1) is 12.2. The fraction of sp³-hybridized carbons (Fsp3) is 0.600. The maximum Gasteiger partial charge on any atom is 0.225 e. The molecule has 15 heavy (non-hydrogen) atoms. The lowest BCUT2D eigenvalue weighted by atomic mass is 10.4. The Kier molecular flexibility index (Phi) is 5.36. The molecule has 4 nitrogen and oxygen atoms in total. The number of nitrogens with one attached hydrogen (secondary N) is 1. The van der Waals surface area contributed by atoms with E-state index in [1.54, 1.807) is 12.4 Å². The zero-order valence-electron chi connectivity index (χ0n) is 9.20. The highest BCUT2D eigenvalue weighted by molar-refractivity contribution is 6.30. The van der Waals surface area contributed by atoms with Gasteiger partial charge >= 0.3 is 0 Å². The minimum atomic E-state index is 0.573. The fourth-order valence-corrected chi connectivity index (χ4v) is 1.39. The SMILES string of the molecule is CCCN(CCNC)c1ncc(Cl)cn1. The highest BCUT2D eigenvalue weighted by Gasteiger charge is 2.07. The molecular formula is C10H17ClN4. The van der Waals surface area contributed by atoms with Crippen molar-refractivity contribution in [2.75, 3.05) is 31.6 Å². The monoisotopic (exact) mass is 228 g/mol. The van der Waals surface area contributed by atoms with Gasteiger partial charge in [-0.1, -0.05) is 18.5 Å². The summed E-state index contributed by atoms with van der Waals surface area (Å²) in [7, 11) is 1.94. The Labute approximate surface area is 95.7 Å². The molecule has 0 aromatic carbocycles. The molecule has 1 rings (SSSR count). The van der Waals surface area contributed by atoms with Crippen molar-refractivity contribution in [3.63, 3.8) is 0 Å². The first-order valence-corrected chi connectivity index (χ1v) is 5.52. The van der Waals surface area contributed by atoms with Crippen LogP contribution in [0.4, 0.5) is 5.95 Å². The lowest BCUT2D eigenvalue weighted by Crippen LogP contribution is -2.32. The van der Waals surface area contributed by atoms with E-state index in [1.165, 1.54) is 0 Å². The summed E-state index contributed by atoms with van der Waals surface area (Å²) in [4.78, 5) is 10.6. The van der Waals surface area contributed by atoms with Gasteiger partial charge in [-0.15, -0.1) is 0 Å². The molecule has 1 aromatic rings. The maximum absolute atomic E-state index is 5.74. The second-order valence-electron chi connectivity index (χ2n) is 3.29. The highest BCUT2D eigenvalue weighted by atomic mass is 35.5. The number of likely N-dealkylation sites (N-methyl/N-ethyl adjacent to an activating group) is 1. The van der Waals surface area contributed by atoms with Gasteiger partial charge in [0.2, 0.25) is 5.95 Å². The summed E-state index contributed by atoms with van der Waals surface area (Å²) in [6.45, 7) is 4.93. The summed E-state index contributed by atoms with van der Waals surface area (Å²) in [6.07, 6.45) is 4.34. The van der Waals surface area contributed by atoms with Gasteiger partial charge in [-0.05, 0) is 13.5 Å². The molecule has 0 aliphatic carbocycles. The second kappa shape index (κ2) is 6.58. The standard InChI is InChI=1S/C10H17ClN4/c1-3-5-15(6-4-12-2)10-13-7-9(11)8-14-10/h7-8,12H,3-6H2,1-2H3. The average molecular weight is 229 g/mol. The molecule has 1 heterocycles. The van der Waals surface area contributed by atoms with Crippen LogP contribution >= 0.6 is 11.6 Å². The van der Waals surface area contributed by atoms with Gasteiger partial charge in [0.1, 0.15) is 0 Å². The number of anilines is 1. The molecule has 5 heteroatoms. The van der Waals surface area contributed by atoms with E-state index in [0.717, 1.165) is 32.0 Å². The predicted molar refractivity (Wildman–Crippen MR) is 63.5 cm³/mol. The molecule has 84 valence electrons. The Bertz CT molecular complexity index is 275. The minimum absolute atomic E-state index is 0.573. The molecule has 1 aromatic heterocycles. The molecular weight excluding hydrogens is 212 g/mol. The zero-order valence-corrected chi connectivity index (χ0v) is 9.96. The third-order valence-corrected chi connectivity index (χ3v) is 2.21. The van der Waals surface area contributed by atoms with Gasteiger partial charge < -0.3 is 10.2 Å². The van der Waals surface area contributed by atoms with Crippen LogP contribution < -0.4 is 10.2 Å². The van der Waals surface area contributed by atoms with Crippen LogP contribution in [-0.4, -0.2) is 36.6 Å². The van der Waals surface area contributed by atoms with Crippen LogP contribution in [0, 0.1) is 0 Å². The molecule has 0 amide bonds. The van der Waals surface area contributed by atoms with Crippen LogP contribution in [0.2, 0.25) is 5.02 Å². The number of rotatable bonds is 6. The molecule has 0 aliphatic heterocycles. The van der Waals surface area contributed by atoms with Gasteiger partial charge in [0.05, 0.1) is 17.4 Å². The molecule has 0 radical (unpaired) electrons. The molecule has 0 aliphatic rings. The van der Waals surface area contributed by atoms with Crippen LogP contribution in [0.25, 0.3) is 0 Å². The van der Waals surface area contributed by atoms with Crippen molar-refractivity contribution < 1.29 is 0 Å². The van der Waals surface area contributed by atoms with Crippen molar-refractivity contribution in [1.82, 2.24) is 15.3 Å². The number of halogens is 1. The van der Waals surface area contributed by atoms with E-state index < -0.39 is 0 Å². The van der Waals surface area contributed by atoms with Gasteiger partial charge in [-0.2, -0.15) is 0 Å². The van der Waals surface area contributed by atoms with E-state index in [9.17, 15) is 0 Å². The summed E-state index contributed by atoms with van der Waals surface area (Å²) in [5.74, 6) is 0.747. The number of aromatic nitrogens is 2. The van der Waals surface area contributed by atoms with Crippen molar-refractivity contribution in [1.29, 1.82) is 0 Å². The summed E-state index contributed by atoms with van der Waals surface area (Å²) < 4.78 is 0. The quantitative estimate of drug-likeness (QED) is 0.803. The average Bonchev–Trinajstić information content (AvgIpc) is 2.25. The summed E-state index contributed by atoms with van der Waals surface area (Å²) in [5, 5.41) is 3.69. The Morgan fingerprint density at radius 1 is 1.33 bits per heavy atom. The molecule has 0 atom stereocenters. The minimum Gasteiger partial charge on any atom is -0.340 e. The normalized spacial score (nSPS) is 10.3. The van der Waals surface area contributed by atoms with E-state index >= 15 is 0 Å². The second-order valence-corrected chi connectivity index (χ2v) is 3.73. The van der Waals surface area contributed by atoms with Crippen LogP contribution in [0.1, 0.15) is 13.3 Å². The highest BCUT2D eigenvalue weighted by Crippen LogP contribution is 2.10. The van der Waals surface area contributed by atoms with Crippen LogP contribution in [0.5, 0.6) is 0 Å². The van der Waals surface area contributed by atoms with Crippen molar-refractivity contribution in [3.8, 4) is 0 Å². The summed E-state index contributed by atoms with van der Waals surface area (Å²) in [6, 6.07) is 0. The first-order chi connectivity index (χ1) is 7.27. The van der Waals surface area contributed by atoms with E-state index in [1.807, 2.05) is 7.05 Å². The molecule has 0 unspecified atom stereocenters. The van der Waals surface area contributed by atoms with E-state index in [-0.39, 0.29) is 0 Å². The first-order valence-electron chi connectivity index (χ1n) is 5.15. The smallest absolute Gasteiger partial charge is 0.225 e. The molecule has 0 saturated carbocycles. The fourth-order valence-electron chi connectivity index (χ4n) is 1.30. The third kappa shape index (κ3) is 4.01. The Balaban J connectivity index is 2.65. The molecule has 0 fully saturated rings. The van der Waals surface area contributed by atoms with Crippen LogP contribution in [-0.2, 0) is 0 Å². The Hall–Kier alpha value is -0.870. The summed E-state index contributed by atoms with van der Waals surface area (Å²) >= 11 is 5.74. The number of hydrogen-bond donors (Lipinski definition) is 1. The van der Waals surface area contributed by atoms with Gasteiger partial charge in [0, 0.05) is 19.6 Å². The lowest BCUT2D eigenvalue weighted by Gasteiger charge is -2.21. The van der Waals surface area contributed by atoms with Gasteiger partial charge in [-0.3, -0.25) is 0 Å². The molecule has 0 spiro atoms. The largest absolute Gasteiger partial charge is 0.340 e. The third-order valence-electron chi connectivity index (χ3n) is 2.01. The van der Waals surface area contributed by atoms with Gasteiger partial charge in [-0.25, -0.2) is 9.97 Å². The zero-order chi connectivity index (χ0) is 11.1. The molecule has 1 N–H and O–H groups in total.